The minimum atomic E-state index is -0.857. The SMILES string of the molecule is CC(=O)NC[C@H]1CN(c2ccc(OCC(O)C3CCNCC3)c(F)c2)C(=O)O1.CC(=O)NC[C@H]1CN(c2ccc(OCC(O)N3CCNCC3)c(F)c2)C(=O)O1.CC(=O)NC[C@H]1CN(c2ccc(OCCC3(C(=O)O)CCNCC3)c(F)c2)C(=O)O1.CC(=O)NC[C@H]1CN(c2ccc(OCCN3[C@H](C)CNC[C@@H]3C)c(F)c2)C(=O)O1. The number of ether oxygens (including phenoxy) is 8. The highest BCUT2D eigenvalue weighted by Gasteiger charge is 2.41. The molecule has 8 atom stereocenters. The number of carbonyl (C=O) groups excluding carboxylic acids is 8. The highest BCUT2D eigenvalue weighted by atomic mass is 19.1. The number of cyclic esters (lactones) is 4. The number of amides is 8. The van der Waals surface area contributed by atoms with Crippen LogP contribution in [0, 0.1) is 34.6 Å². The minimum absolute atomic E-state index is 0.000273. The first-order valence-corrected chi connectivity index (χ1v) is 38.5. The average Bonchev–Trinajstić information content (AvgIpc) is 1.72. The van der Waals surface area contributed by atoms with E-state index in [1.807, 2.05) is 4.90 Å². The van der Waals surface area contributed by atoms with Gasteiger partial charge >= 0.3 is 30.3 Å². The molecule has 12 rings (SSSR count). The standard InChI is InChI=1S/C20H29FN4O4.C20H26FN3O6.C19H26FN3O5.C18H25FN4O5/c1-13-9-22-10-14(2)24(13)6-7-28-19-5-4-16(8-18(19)21)25-12-17(29-20(25)27)11-23-15(3)26;1-13(25)23-11-15-12-24(19(28)30-15)14-2-3-17(16(21)10-14)29-9-6-20(18(26)27)4-7-22-8-5-20;1-12(24)22-9-15-10-23(19(26)28-15)14-2-3-18(16(20)8-14)27-11-17(25)13-4-6-21-7-5-13;1-12(24)21-9-14-10-23(18(26)28-14)13-2-3-16(15(19)8-13)27-11-17(25)22-6-4-20-5-7-22/h4-5,8,13-14,17,22H,6-7,9-12H2,1-3H3,(H,23,26);2-3,10,15,22H,4-9,11-12H2,1H3,(H,23,25)(H,26,27);2-3,8,13,15,17,21,25H,4-7,9-11H2,1H3,(H,22,24);2-3,8,14,17,20,25H,4-7,9-11H2,1H3,(H,21,24)/t13-,14+,17-;15-;15-,17?;14-,17?/m0000/s1. The van der Waals surface area contributed by atoms with Crippen LogP contribution in [0.5, 0.6) is 23.0 Å². The Morgan fingerprint density at radius 1 is 0.487 bits per heavy atom. The average molecular weight is 1620 g/mol. The maximum absolute atomic E-state index is 14.5. The summed E-state index contributed by atoms with van der Waals surface area (Å²) in [5.41, 5.74) is 0.538. The van der Waals surface area contributed by atoms with E-state index < -0.39 is 95.8 Å². The molecule has 34 nitrogen and oxygen atoms in total. The van der Waals surface area contributed by atoms with E-state index >= 15 is 0 Å². The molecule has 2 unspecified atom stereocenters. The molecule has 8 fully saturated rings. The van der Waals surface area contributed by atoms with Crippen LogP contribution in [0.25, 0.3) is 0 Å². The highest BCUT2D eigenvalue weighted by Crippen LogP contribution is 2.36. The van der Waals surface area contributed by atoms with Crippen LogP contribution in [-0.2, 0) is 42.9 Å². The van der Waals surface area contributed by atoms with Crippen molar-refractivity contribution in [3.8, 4) is 23.0 Å². The number of hydrogen-bond donors (Lipinski definition) is 11. The van der Waals surface area contributed by atoms with Crippen molar-refractivity contribution >= 4 is 76.7 Å². The molecule has 0 aromatic heterocycles. The maximum atomic E-state index is 14.5. The fourth-order valence-corrected chi connectivity index (χ4v) is 14.0. The Bertz CT molecular complexity index is 3850. The van der Waals surface area contributed by atoms with Crippen molar-refractivity contribution in [3.63, 3.8) is 0 Å². The summed E-state index contributed by atoms with van der Waals surface area (Å²) in [6, 6.07) is 17.7. The Labute approximate surface area is 663 Å². The van der Waals surface area contributed by atoms with Gasteiger partial charge in [-0.2, -0.15) is 0 Å². The van der Waals surface area contributed by atoms with Gasteiger partial charge in [0, 0.05) is 110 Å². The minimum Gasteiger partial charge on any atom is -0.490 e. The zero-order valence-corrected chi connectivity index (χ0v) is 65.4. The van der Waals surface area contributed by atoms with Gasteiger partial charge in [0.05, 0.1) is 93.2 Å². The monoisotopic (exact) mass is 1620 g/mol. The van der Waals surface area contributed by atoms with Gasteiger partial charge in [0.25, 0.3) is 0 Å². The molecule has 4 aromatic rings. The number of piperazine rings is 2. The fraction of sp³-hybridized carbons (Fsp3) is 0.571. The van der Waals surface area contributed by atoms with Gasteiger partial charge in [0.1, 0.15) is 50.5 Å². The van der Waals surface area contributed by atoms with Gasteiger partial charge in [-0.05, 0) is 127 Å². The van der Waals surface area contributed by atoms with E-state index in [9.17, 15) is 76.0 Å². The molecule has 11 N–H and O–H groups in total. The smallest absolute Gasteiger partial charge is 0.414 e. The van der Waals surface area contributed by atoms with Gasteiger partial charge in [0.15, 0.2) is 46.3 Å². The molecule has 0 saturated carbocycles. The number of anilines is 4. The molecule has 0 aliphatic carbocycles. The number of aliphatic carboxylic acids is 1. The van der Waals surface area contributed by atoms with Crippen LogP contribution in [0.2, 0.25) is 0 Å². The molecule has 0 radical (unpaired) electrons. The summed E-state index contributed by atoms with van der Waals surface area (Å²) in [6.45, 7) is 20.5. The van der Waals surface area contributed by atoms with Crippen molar-refractivity contribution in [2.75, 3.05) is 170 Å². The summed E-state index contributed by atoms with van der Waals surface area (Å²) in [5, 5.41) is 53.3. The van der Waals surface area contributed by atoms with E-state index in [4.69, 9.17) is 37.9 Å². The van der Waals surface area contributed by atoms with Crippen molar-refractivity contribution in [3.05, 3.63) is 96.1 Å². The number of nitrogens with zero attached hydrogens (tertiary/aromatic N) is 6. The van der Waals surface area contributed by atoms with Crippen molar-refractivity contribution in [2.45, 2.75) is 122 Å². The first-order chi connectivity index (χ1) is 55.0. The summed E-state index contributed by atoms with van der Waals surface area (Å²) in [7, 11) is 0. The van der Waals surface area contributed by atoms with Crippen molar-refractivity contribution in [1.29, 1.82) is 0 Å². The van der Waals surface area contributed by atoms with Crippen molar-refractivity contribution < 1.29 is 114 Å². The summed E-state index contributed by atoms with van der Waals surface area (Å²) in [6.07, 6.45) is -2.78. The van der Waals surface area contributed by atoms with Gasteiger partial charge in [-0.25, -0.2) is 36.7 Å². The second kappa shape index (κ2) is 43.0. The molecular weight excluding hydrogens is 1520 g/mol. The van der Waals surface area contributed by atoms with Gasteiger partial charge < -0.3 is 95.7 Å². The van der Waals surface area contributed by atoms with E-state index in [1.165, 1.54) is 102 Å². The third kappa shape index (κ3) is 26.2. The number of aliphatic hydroxyl groups is 2. The molecule has 0 bridgehead atoms. The molecule has 8 heterocycles. The van der Waals surface area contributed by atoms with Gasteiger partial charge in [-0.3, -0.25) is 53.4 Å². The number of carbonyl (C=O) groups is 9. The Balaban J connectivity index is 0.000000175. The largest absolute Gasteiger partial charge is 0.490 e. The van der Waals surface area contributed by atoms with E-state index in [1.54, 1.807) is 18.2 Å². The normalized spacial score (nSPS) is 22.1. The molecule has 8 amide bonds. The van der Waals surface area contributed by atoms with Crippen LogP contribution in [0.1, 0.15) is 73.6 Å². The molecular formula is C77H106F4N14O20. The molecule has 4 aromatic carbocycles. The van der Waals surface area contributed by atoms with Crippen molar-refractivity contribution in [2.24, 2.45) is 11.3 Å². The van der Waals surface area contributed by atoms with Crippen LogP contribution in [0.4, 0.5) is 59.5 Å². The zero-order chi connectivity index (χ0) is 82.9. The van der Waals surface area contributed by atoms with E-state index in [0.29, 0.717) is 87.0 Å². The lowest BCUT2D eigenvalue weighted by Gasteiger charge is -2.39. The lowest BCUT2D eigenvalue weighted by Crippen LogP contribution is -2.55. The first-order valence-electron chi connectivity index (χ1n) is 38.5. The number of benzene rings is 4. The first kappa shape index (κ1) is 88.9. The zero-order valence-electron chi connectivity index (χ0n) is 65.4. The Morgan fingerprint density at radius 3 is 1.18 bits per heavy atom. The second-order valence-electron chi connectivity index (χ2n) is 29.1. The molecule has 115 heavy (non-hydrogen) atoms. The molecule has 8 aliphatic heterocycles. The molecule has 0 spiro atoms. The third-order valence-corrected chi connectivity index (χ3v) is 20.5. The molecule has 8 saturated heterocycles. The summed E-state index contributed by atoms with van der Waals surface area (Å²) >= 11 is 0. The highest BCUT2D eigenvalue weighted by molar-refractivity contribution is 5.92. The van der Waals surface area contributed by atoms with Crippen LogP contribution >= 0.6 is 0 Å². The lowest BCUT2D eigenvalue weighted by atomic mass is 9.76. The van der Waals surface area contributed by atoms with E-state index in [2.05, 4.69) is 61.3 Å². The topological polar surface area (TPSA) is 404 Å². The van der Waals surface area contributed by atoms with E-state index in [0.717, 1.165) is 52.1 Å². The van der Waals surface area contributed by atoms with Crippen LogP contribution in [-0.4, -0.2) is 279 Å². The number of hydrogen-bond acceptors (Lipinski definition) is 25. The maximum Gasteiger partial charge on any atom is 0.414 e. The summed E-state index contributed by atoms with van der Waals surface area (Å²) in [4.78, 5) is 113. The summed E-state index contributed by atoms with van der Waals surface area (Å²) in [5.74, 6) is -3.82. The number of halogens is 4. The molecule has 632 valence electrons. The van der Waals surface area contributed by atoms with Gasteiger partial charge in [-0.1, -0.05) is 0 Å². The number of carboxylic acids is 1. The quantitative estimate of drug-likeness (QED) is 0.0272. The Kier molecular flexibility index (Phi) is 33.2. The number of piperidine rings is 2. The van der Waals surface area contributed by atoms with Crippen LogP contribution in [0.3, 0.4) is 0 Å². The van der Waals surface area contributed by atoms with Crippen LogP contribution in [0.15, 0.2) is 72.8 Å². The van der Waals surface area contributed by atoms with Crippen LogP contribution < -0.4 is 81.1 Å². The van der Waals surface area contributed by atoms with E-state index in [-0.39, 0.29) is 131 Å². The number of carboxylic acid groups (broad SMARTS) is 1. The second-order valence-corrected chi connectivity index (χ2v) is 29.1. The lowest BCUT2D eigenvalue weighted by molar-refractivity contribution is -0.151. The predicted molar refractivity (Wildman–Crippen MR) is 410 cm³/mol. The number of rotatable bonds is 29. The third-order valence-electron chi connectivity index (χ3n) is 20.5. The number of nitrogens with one attached hydrogen (secondary N) is 8. The molecule has 38 heteroatoms. The predicted octanol–water partition coefficient (Wildman–Crippen LogP) is 3.77. The summed E-state index contributed by atoms with van der Waals surface area (Å²) < 4.78 is 101. The fourth-order valence-electron chi connectivity index (χ4n) is 14.0. The Morgan fingerprint density at radius 2 is 0.826 bits per heavy atom. The number of aliphatic hydroxyl groups excluding tert-OH is 2. The van der Waals surface area contributed by atoms with Crippen molar-refractivity contribution in [1.82, 2.24) is 52.3 Å². The Hall–Kier alpha value is -10.1. The van der Waals surface area contributed by atoms with Gasteiger partial charge in [0.2, 0.25) is 23.6 Å². The molecule has 8 aliphatic rings. The van der Waals surface area contributed by atoms with Gasteiger partial charge in [-0.15, -0.1) is 0 Å².